The minimum absolute atomic E-state index is 0.0369. The molecule has 1 aliphatic heterocycles. The first-order valence-corrected chi connectivity index (χ1v) is 10.5. The molecule has 0 unspecified atom stereocenters. The Labute approximate surface area is 172 Å². The summed E-state index contributed by atoms with van der Waals surface area (Å²) in [7, 11) is -3.62. The average Bonchev–Trinajstić information content (AvgIpc) is 2.72. The van der Waals surface area contributed by atoms with E-state index in [1.54, 1.807) is 0 Å². The first kappa shape index (κ1) is 21.2. The lowest BCUT2D eigenvalue weighted by Gasteiger charge is -2.26. The number of sulfonamides is 1. The van der Waals surface area contributed by atoms with E-state index in [-0.39, 0.29) is 27.9 Å². The number of nitro groups is 1. The van der Waals surface area contributed by atoms with Gasteiger partial charge >= 0.3 is 0 Å². The number of hydrogen-bond donors (Lipinski definition) is 1. The molecule has 2 aromatic carbocycles. The van der Waals surface area contributed by atoms with Crippen molar-refractivity contribution in [2.45, 2.75) is 4.90 Å². The van der Waals surface area contributed by atoms with Gasteiger partial charge in [0, 0.05) is 30.4 Å². The van der Waals surface area contributed by atoms with E-state index in [0.717, 1.165) is 0 Å². The zero-order valence-electron chi connectivity index (χ0n) is 15.2. The SMILES string of the molecule is O=C(CNc1ccc([N+](=O)[O-])c(Cl)c1)c1ccc(S(=O)(=O)N2CCOCC2)cc1. The van der Waals surface area contributed by atoms with Gasteiger partial charge < -0.3 is 10.1 Å². The van der Waals surface area contributed by atoms with Crippen LogP contribution in [-0.4, -0.2) is 56.3 Å². The van der Waals surface area contributed by atoms with E-state index in [2.05, 4.69) is 5.32 Å². The second kappa shape index (κ2) is 8.87. The normalized spacial score (nSPS) is 15.1. The summed E-state index contributed by atoms with van der Waals surface area (Å²) in [6, 6.07) is 9.79. The lowest BCUT2D eigenvalue weighted by molar-refractivity contribution is -0.384. The molecule has 0 atom stereocenters. The smallest absolute Gasteiger partial charge is 0.288 e. The summed E-state index contributed by atoms with van der Waals surface area (Å²) in [4.78, 5) is 22.7. The number of halogens is 1. The number of morpholine rings is 1. The van der Waals surface area contributed by atoms with Crippen LogP contribution in [0.2, 0.25) is 5.02 Å². The number of Topliss-reactive ketones (excluding diaryl/α,β-unsaturated/α-hetero) is 1. The minimum Gasteiger partial charge on any atom is -0.379 e. The molecule has 0 bridgehead atoms. The van der Waals surface area contributed by atoms with Crippen molar-refractivity contribution >= 4 is 38.8 Å². The molecule has 1 aliphatic rings. The second-order valence-corrected chi connectivity index (χ2v) is 8.59. The number of anilines is 1. The number of carbonyl (C=O) groups is 1. The van der Waals surface area contributed by atoms with Crippen molar-refractivity contribution < 1.29 is 22.9 Å². The predicted octanol–water partition coefficient (Wildman–Crippen LogP) is 2.56. The topological polar surface area (TPSA) is 119 Å². The van der Waals surface area contributed by atoms with Gasteiger partial charge in [-0.25, -0.2) is 8.42 Å². The number of rotatable bonds is 7. The Balaban J connectivity index is 1.64. The third-order valence-corrected chi connectivity index (χ3v) is 6.60. The molecule has 11 heteroatoms. The van der Waals surface area contributed by atoms with Crippen molar-refractivity contribution in [1.29, 1.82) is 0 Å². The number of nitrogens with zero attached hydrogens (tertiary/aromatic N) is 2. The van der Waals surface area contributed by atoms with E-state index in [4.69, 9.17) is 16.3 Å². The van der Waals surface area contributed by atoms with Crippen molar-refractivity contribution in [3.63, 3.8) is 0 Å². The van der Waals surface area contributed by atoms with Gasteiger partial charge in [0.05, 0.1) is 29.6 Å². The first-order valence-electron chi connectivity index (χ1n) is 8.68. The molecule has 1 heterocycles. The lowest BCUT2D eigenvalue weighted by Crippen LogP contribution is -2.40. The molecule has 0 amide bonds. The molecule has 1 saturated heterocycles. The van der Waals surface area contributed by atoms with E-state index in [1.807, 2.05) is 0 Å². The fourth-order valence-electron chi connectivity index (χ4n) is 2.80. The number of benzene rings is 2. The third-order valence-electron chi connectivity index (χ3n) is 4.38. The standard InChI is InChI=1S/C18H18ClN3O6S/c19-16-11-14(3-6-17(16)22(24)25)20-12-18(23)13-1-4-15(5-2-13)29(26,27)21-7-9-28-10-8-21/h1-6,11,20H,7-10,12H2. The summed E-state index contributed by atoms with van der Waals surface area (Å²) in [6.45, 7) is 1.22. The summed E-state index contributed by atoms with van der Waals surface area (Å²) in [6.07, 6.45) is 0. The molecule has 1 N–H and O–H groups in total. The number of ketones is 1. The Bertz CT molecular complexity index is 1020. The van der Waals surface area contributed by atoms with Crippen LogP contribution in [0.25, 0.3) is 0 Å². The highest BCUT2D eigenvalue weighted by Gasteiger charge is 2.26. The van der Waals surface area contributed by atoms with E-state index in [0.29, 0.717) is 37.6 Å². The van der Waals surface area contributed by atoms with Crippen LogP contribution < -0.4 is 5.32 Å². The summed E-state index contributed by atoms with van der Waals surface area (Å²) in [5.74, 6) is -0.269. The van der Waals surface area contributed by atoms with Gasteiger partial charge in [-0.1, -0.05) is 11.6 Å². The highest BCUT2D eigenvalue weighted by atomic mass is 35.5. The molecule has 0 radical (unpaired) electrons. The molecule has 1 fully saturated rings. The zero-order valence-corrected chi connectivity index (χ0v) is 16.8. The average molecular weight is 440 g/mol. The molecule has 29 heavy (non-hydrogen) atoms. The summed E-state index contributed by atoms with van der Waals surface area (Å²) in [5, 5.41) is 13.6. The molecule has 0 spiro atoms. The van der Waals surface area contributed by atoms with Crippen LogP contribution in [0, 0.1) is 10.1 Å². The largest absolute Gasteiger partial charge is 0.379 e. The number of nitrogens with one attached hydrogen (secondary N) is 1. The molecule has 9 nitrogen and oxygen atoms in total. The molecule has 0 saturated carbocycles. The molecule has 0 aromatic heterocycles. The summed E-state index contributed by atoms with van der Waals surface area (Å²) >= 11 is 5.85. The molecule has 154 valence electrons. The van der Waals surface area contributed by atoms with Crippen LogP contribution in [0.1, 0.15) is 10.4 Å². The van der Waals surface area contributed by atoms with Crippen LogP contribution in [0.15, 0.2) is 47.4 Å². The predicted molar refractivity (Wildman–Crippen MR) is 107 cm³/mol. The number of ether oxygens (including phenoxy) is 1. The molecular weight excluding hydrogens is 422 g/mol. The van der Waals surface area contributed by atoms with Crippen molar-refractivity contribution in [3.05, 3.63) is 63.2 Å². The molecule has 2 aromatic rings. The van der Waals surface area contributed by atoms with E-state index in [1.165, 1.54) is 46.8 Å². The second-order valence-electron chi connectivity index (χ2n) is 6.24. The van der Waals surface area contributed by atoms with Crippen molar-refractivity contribution in [2.75, 3.05) is 38.2 Å². The van der Waals surface area contributed by atoms with E-state index >= 15 is 0 Å². The van der Waals surface area contributed by atoms with E-state index < -0.39 is 14.9 Å². The van der Waals surface area contributed by atoms with Gasteiger partial charge in [-0.05, 0) is 36.4 Å². The van der Waals surface area contributed by atoms with Gasteiger partial charge in [0.1, 0.15) is 5.02 Å². The monoisotopic (exact) mass is 439 g/mol. The van der Waals surface area contributed by atoms with Gasteiger partial charge in [-0.2, -0.15) is 4.31 Å². The van der Waals surface area contributed by atoms with Crippen molar-refractivity contribution in [2.24, 2.45) is 0 Å². The zero-order chi connectivity index (χ0) is 21.0. The molecule has 0 aliphatic carbocycles. The maximum Gasteiger partial charge on any atom is 0.288 e. The quantitative estimate of drug-likeness (QED) is 0.400. The third kappa shape index (κ3) is 4.91. The van der Waals surface area contributed by atoms with Crippen LogP contribution >= 0.6 is 11.6 Å². The van der Waals surface area contributed by atoms with Gasteiger partial charge in [0.15, 0.2) is 5.78 Å². The minimum atomic E-state index is -3.62. The van der Waals surface area contributed by atoms with Crippen LogP contribution in [-0.2, 0) is 14.8 Å². The highest BCUT2D eigenvalue weighted by Crippen LogP contribution is 2.27. The Hall–Kier alpha value is -2.53. The van der Waals surface area contributed by atoms with Crippen LogP contribution in [0.4, 0.5) is 11.4 Å². The number of carbonyl (C=O) groups excluding carboxylic acids is 1. The number of hydrogen-bond acceptors (Lipinski definition) is 7. The Kier molecular flexibility index (Phi) is 6.48. The van der Waals surface area contributed by atoms with Crippen molar-refractivity contribution in [3.8, 4) is 0 Å². The molecular formula is C18H18ClN3O6S. The summed E-state index contributed by atoms with van der Waals surface area (Å²) < 4.78 is 31.7. The van der Waals surface area contributed by atoms with Gasteiger partial charge in [0.25, 0.3) is 5.69 Å². The fraction of sp³-hybridized carbons (Fsp3) is 0.278. The Morgan fingerprint density at radius 2 is 1.83 bits per heavy atom. The van der Waals surface area contributed by atoms with E-state index in [9.17, 15) is 23.3 Å². The fourth-order valence-corrected chi connectivity index (χ4v) is 4.46. The van der Waals surface area contributed by atoms with Gasteiger partial charge in [0.2, 0.25) is 10.0 Å². The first-order chi connectivity index (χ1) is 13.8. The van der Waals surface area contributed by atoms with Crippen LogP contribution in [0.3, 0.4) is 0 Å². The highest BCUT2D eigenvalue weighted by molar-refractivity contribution is 7.89. The van der Waals surface area contributed by atoms with Gasteiger partial charge in [-0.15, -0.1) is 0 Å². The Morgan fingerprint density at radius 3 is 2.41 bits per heavy atom. The molecule has 3 rings (SSSR count). The van der Waals surface area contributed by atoms with Gasteiger partial charge in [-0.3, -0.25) is 14.9 Å². The van der Waals surface area contributed by atoms with Crippen molar-refractivity contribution in [1.82, 2.24) is 4.31 Å². The summed E-state index contributed by atoms with van der Waals surface area (Å²) in [5.41, 5.74) is 0.576. The Morgan fingerprint density at radius 1 is 1.17 bits per heavy atom. The maximum absolute atomic E-state index is 12.6. The lowest BCUT2D eigenvalue weighted by atomic mass is 10.1. The number of nitro benzene ring substituents is 1. The van der Waals surface area contributed by atoms with Crippen LogP contribution in [0.5, 0.6) is 0 Å². The maximum atomic E-state index is 12.6.